The number of rotatable bonds is 3. The van der Waals surface area contributed by atoms with Crippen molar-refractivity contribution < 1.29 is 10.0 Å². The Labute approximate surface area is 126 Å². The number of halogens is 1. The number of hydrogen-bond acceptors (Lipinski definition) is 3. The molecule has 1 aromatic carbocycles. The molecule has 1 aliphatic carbocycles. The maximum atomic E-state index is 12.3. The minimum atomic E-state index is -0.122. The van der Waals surface area contributed by atoms with Crippen LogP contribution in [-0.2, 0) is 0 Å². The van der Waals surface area contributed by atoms with E-state index in [1.807, 2.05) is 19.1 Å². The molecule has 2 rings (SSSR count). The van der Waals surface area contributed by atoms with Gasteiger partial charge in [-0.05, 0) is 43.5 Å². The second kappa shape index (κ2) is 6.26. The molecule has 0 aromatic heterocycles. The van der Waals surface area contributed by atoms with E-state index < -0.39 is 0 Å². The molecule has 1 fully saturated rings. The van der Waals surface area contributed by atoms with E-state index in [4.69, 9.17) is 10.9 Å². The first-order chi connectivity index (χ1) is 9.52. The lowest BCUT2D eigenvalue weighted by Gasteiger charge is -2.20. The Hall–Kier alpha value is -1.56. The average molecular weight is 340 g/mol. The lowest BCUT2D eigenvalue weighted by molar-refractivity contribution is 0.0933. The number of aryl methyl sites for hydroxylation is 1. The van der Waals surface area contributed by atoms with Crippen molar-refractivity contribution in [3.05, 3.63) is 33.8 Å². The highest BCUT2D eigenvalue weighted by Crippen LogP contribution is 2.26. The van der Waals surface area contributed by atoms with Crippen molar-refractivity contribution in [3.8, 4) is 0 Å². The fraction of sp³-hybridized carbons (Fsp3) is 0.429. The van der Waals surface area contributed by atoms with Gasteiger partial charge in [0.05, 0.1) is 0 Å². The zero-order valence-electron chi connectivity index (χ0n) is 11.3. The van der Waals surface area contributed by atoms with E-state index in [9.17, 15) is 4.79 Å². The molecule has 20 heavy (non-hydrogen) atoms. The normalized spacial score (nSPS) is 22.8. The Morgan fingerprint density at radius 2 is 2.25 bits per heavy atom. The van der Waals surface area contributed by atoms with Gasteiger partial charge >= 0.3 is 0 Å². The van der Waals surface area contributed by atoms with Crippen molar-refractivity contribution in [2.45, 2.75) is 32.2 Å². The summed E-state index contributed by atoms with van der Waals surface area (Å²) in [7, 11) is 0. The van der Waals surface area contributed by atoms with Crippen molar-refractivity contribution in [2.75, 3.05) is 0 Å². The number of nitrogens with one attached hydrogen (secondary N) is 1. The topological polar surface area (TPSA) is 87.7 Å². The molecule has 6 heteroatoms. The van der Waals surface area contributed by atoms with Gasteiger partial charge in [-0.3, -0.25) is 4.79 Å². The number of carbonyl (C=O) groups is 1. The summed E-state index contributed by atoms with van der Waals surface area (Å²) >= 11 is 3.41. The number of amides is 1. The maximum absolute atomic E-state index is 12.3. The van der Waals surface area contributed by atoms with Crippen LogP contribution in [0.5, 0.6) is 0 Å². The minimum absolute atomic E-state index is 0.0673. The zero-order chi connectivity index (χ0) is 14.7. The first-order valence-electron chi connectivity index (χ1n) is 6.57. The monoisotopic (exact) mass is 339 g/mol. The van der Waals surface area contributed by atoms with Gasteiger partial charge in [-0.25, -0.2) is 0 Å². The summed E-state index contributed by atoms with van der Waals surface area (Å²) in [4.78, 5) is 12.3. The van der Waals surface area contributed by atoms with Crippen LogP contribution >= 0.6 is 15.9 Å². The van der Waals surface area contributed by atoms with Gasteiger partial charge in [-0.2, -0.15) is 0 Å². The number of carbonyl (C=O) groups excluding carboxylic acids is 1. The first kappa shape index (κ1) is 14.8. The molecule has 5 nitrogen and oxygen atoms in total. The Kier molecular flexibility index (Phi) is 4.65. The van der Waals surface area contributed by atoms with Crippen LogP contribution in [0.15, 0.2) is 27.8 Å². The number of benzene rings is 1. The molecule has 1 aliphatic rings. The van der Waals surface area contributed by atoms with E-state index in [1.165, 1.54) is 0 Å². The summed E-state index contributed by atoms with van der Waals surface area (Å²) in [5.41, 5.74) is 7.30. The summed E-state index contributed by atoms with van der Waals surface area (Å²) in [6, 6.07) is 5.41. The lowest BCUT2D eigenvalue weighted by atomic mass is 10.0. The molecular formula is C14H18BrN3O2. The van der Waals surface area contributed by atoms with Crippen LogP contribution in [0.4, 0.5) is 0 Å². The van der Waals surface area contributed by atoms with E-state index in [-0.39, 0.29) is 23.7 Å². The maximum Gasteiger partial charge on any atom is 0.251 e. The molecule has 1 saturated carbocycles. The average Bonchev–Trinajstić information content (AvgIpc) is 2.89. The molecular weight excluding hydrogens is 322 g/mol. The zero-order valence-corrected chi connectivity index (χ0v) is 12.9. The number of hydrogen-bond donors (Lipinski definition) is 3. The SMILES string of the molecule is Cc1cc(C(=O)NC2CCCC2/C(N)=N/O)ccc1Br. The smallest absolute Gasteiger partial charge is 0.251 e. The van der Waals surface area contributed by atoms with Crippen LogP contribution in [0.2, 0.25) is 0 Å². The Morgan fingerprint density at radius 3 is 2.90 bits per heavy atom. The molecule has 0 radical (unpaired) electrons. The third-order valence-electron chi connectivity index (χ3n) is 3.75. The van der Waals surface area contributed by atoms with Crippen LogP contribution in [0.1, 0.15) is 35.2 Å². The van der Waals surface area contributed by atoms with Crippen LogP contribution in [0.25, 0.3) is 0 Å². The van der Waals surface area contributed by atoms with Crippen molar-refractivity contribution in [1.29, 1.82) is 0 Å². The highest BCUT2D eigenvalue weighted by atomic mass is 79.9. The molecule has 0 bridgehead atoms. The molecule has 2 unspecified atom stereocenters. The van der Waals surface area contributed by atoms with Crippen molar-refractivity contribution >= 4 is 27.7 Å². The molecule has 1 aromatic rings. The van der Waals surface area contributed by atoms with E-state index >= 15 is 0 Å². The van der Waals surface area contributed by atoms with Crippen molar-refractivity contribution in [3.63, 3.8) is 0 Å². The molecule has 0 saturated heterocycles. The molecule has 0 spiro atoms. The van der Waals surface area contributed by atoms with Crippen molar-refractivity contribution in [1.82, 2.24) is 5.32 Å². The lowest BCUT2D eigenvalue weighted by Crippen LogP contribution is -2.42. The van der Waals surface area contributed by atoms with Crippen LogP contribution in [0, 0.1) is 12.8 Å². The standard InChI is InChI=1S/C14H18BrN3O2/c1-8-7-9(5-6-11(8)15)14(19)17-12-4-2-3-10(12)13(16)18-20/h5-7,10,12,20H,2-4H2,1H3,(H2,16,18)(H,17,19). The quantitative estimate of drug-likeness (QED) is 0.342. The predicted octanol–water partition coefficient (Wildman–Crippen LogP) is 2.40. The molecule has 0 aliphatic heterocycles. The number of amidine groups is 1. The third kappa shape index (κ3) is 3.12. The minimum Gasteiger partial charge on any atom is -0.409 e. The molecule has 108 valence electrons. The third-order valence-corrected chi connectivity index (χ3v) is 4.64. The molecule has 1 amide bonds. The van der Waals surface area contributed by atoms with Gasteiger partial charge in [0.25, 0.3) is 5.91 Å². The van der Waals surface area contributed by atoms with Gasteiger partial charge in [0, 0.05) is 22.0 Å². The second-order valence-electron chi connectivity index (χ2n) is 5.11. The molecule has 0 heterocycles. The largest absolute Gasteiger partial charge is 0.409 e. The van der Waals surface area contributed by atoms with Gasteiger partial charge in [0.2, 0.25) is 0 Å². The number of nitrogens with zero attached hydrogens (tertiary/aromatic N) is 1. The summed E-state index contributed by atoms with van der Waals surface area (Å²) in [6.07, 6.45) is 2.65. The summed E-state index contributed by atoms with van der Waals surface area (Å²) in [5.74, 6) is -0.0106. The first-order valence-corrected chi connectivity index (χ1v) is 7.36. The van der Waals surface area contributed by atoms with E-state index in [2.05, 4.69) is 26.4 Å². The number of oxime groups is 1. The Bertz CT molecular complexity index is 545. The highest BCUT2D eigenvalue weighted by Gasteiger charge is 2.31. The predicted molar refractivity (Wildman–Crippen MR) is 80.9 cm³/mol. The number of nitrogens with two attached hydrogens (primary N) is 1. The van der Waals surface area contributed by atoms with Crippen LogP contribution < -0.4 is 11.1 Å². The van der Waals surface area contributed by atoms with Crippen molar-refractivity contribution in [2.24, 2.45) is 16.8 Å². The van der Waals surface area contributed by atoms with Gasteiger partial charge in [-0.15, -0.1) is 0 Å². The van der Waals surface area contributed by atoms with E-state index in [0.717, 1.165) is 29.3 Å². The van der Waals surface area contributed by atoms with Crippen LogP contribution in [0.3, 0.4) is 0 Å². The fourth-order valence-corrected chi connectivity index (χ4v) is 2.85. The summed E-state index contributed by atoms with van der Waals surface area (Å²) in [6.45, 7) is 1.94. The second-order valence-corrected chi connectivity index (χ2v) is 5.96. The van der Waals surface area contributed by atoms with Gasteiger partial charge in [0.15, 0.2) is 0 Å². The van der Waals surface area contributed by atoms with Gasteiger partial charge in [0.1, 0.15) is 5.84 Å². The van der Waals surface area contributed by atoms with Crippen LogP contribution in [-0.4, -0.2) is 23.0 Å². The molecule has 4 N–H and O–H groups in total. The van der Waals surface area contributed by atoms with E-state index in [1.54, 1.807) is 6.07 Å². The molecule has 2 atom stereocenters. The Morgan fingerprint density at radius 1 is 1.50 bits per heavy atom. The fourth-order valence-electron chi connectivity index (χ4n) is 2.60. The van der Waals surface area contributed by atoms with E-state index in [0.29, 0.717) is 5.56 Å². The van der Waals surface area contributed by atoms with Gasteiger partial charge in [-0.1, -0.05) is 27.5 Å². The summed E-state index contributed by atoms with van der Waals surface area (Å²) < 4.78 is 0.976. The van der Waals surface area contributed by atoms with Gasteiger partial charge < -0.3 is 16.3 Å². The Balaban J connectivity index is 2.09. The highest BCUT2D eigenvalue weighted by molar-refractivity contribution is 9.10. The summed E-state index contributed by atoms with van der Waals surface area (Å²) in [5, 5.41) is 14.8.